The molecule has 0 fully saturated rings. The highest BCUT2D eigenvalue weighted by atomic mass is 35.5. The average molecular weight is 298 g/mol. The molecule has 2 aromatic heterocycles. The fourth-order valence-electron chi connectivity index (χ4n) is 1.35. The van der Waals surface area contributed by atoms with Gasteiger partial charge in [0.25, 0.3) is 5.91 Å². The number of anilines is 1. The quantitative estimate of drug-likeness (QED) is 0.712. The lowest BCUT2D eigenvalue weighted by molar-refractivity contribution is 0.0686. The van der Waals surface area contributed by atoms with E-state index in [2.05, 4.69) is 25.3 Å². The van der Waals surface area contributed by atoms with Crippen LogP contribution in [0.4, 0.5) is 5.95 Å². The van der Waals surface area contributed by atoms with E-state index in [1.54, 1.807) is 0 Å². The number of carboxylic acids is 1. The number of carbonyl (C=O) groups excluding carboxylic acids is 1. The molecule has 0 atom stereocenters. The molecule has 2 aromatic rings. The average Bonchev–Trinajstić information content (AvgIpc) is 2.87. The Balaban J connectivity index is 2.25. The van der Waals surface area contributed by atoms with E-state index in [0.29, 0.717) is 0 Å². The summed E-state index contributed by atoms with van der Waals surface area (Å²) in [5.41, 5.74) is -0.628. The van der Waals surface area contributed by atoms with Crippen molar-refractivity contribution >= 4 is 29.4 Å². The number of carboxylic acid groups (broad SMARTS) is 1. The molecule has 0 aliphatic heterocycles. The molecule has 1 amide bonds. The summed E-state index contributed by atoms with van der Waals surface area (Å²) in [4.78, 5) is 36.3. The van der Waals surface area contributed by atoms with Gasteiger partial charge in [-0.15, -0.1) is 0 Å². The molecular weight excluding hydrogens is 290 g/mol. The Bertz CT molecular complexity index is 671. The monoisotopic (exact) mass is 297 g/mol. The molecule has 0 unspecified atom stereocenters. The summed E-state index contributed by atoms with van der Waals surface area (Å²) in [5.74, 6) is -2.07. The summed E-state index contributed by atoms with van der Waals surface area (Å²) < 4.78 is 4.87. The van der Waals surface area contributed by atoms with Crippen LogP contribution >= 0.6 is 11.6 Å². The molecule has 0 aliphatic rings. The van der Waals surface area contributed by atoms with Crippen LogP contribution in [0, 0.1) is 0 Å². The second-order valence-corrected chi connectivity index (χ2v) is 3.83. The van der Waals surface area contributed by atoms with Crippen molar-refractivity contribution in [2.24, 2.45) is 0 Å². The van der Waals surface area contributed by atoms with E-state index in [1.165, 1.54) is 13.2 Å². The van der Waals surface area contributed by atoms with Crippen molar-refractivity contribution in [1.29, 1.82) is 0 Å². The van der Waals surface area contributed by atoms with Crippen LogP contribution in [-0.2, 0) is 0 Å². The Morgan fingerprint density at radius 3 is 2.85 bits per heavy atom. The first kappa shape index (κ1) is 13.7. The van der Waals surface area contributed by atoms with E-state index in [4.69, 9.17) is 21.4 Å². The van der Waals surface area contributed by atoms with Gasteiger partial charge in [0.1, 0.15) is 5.15 Å². The maximum Gasteiger partial charge on any atom is 0.354 e. The third-order valence-electron chi connectivity index (χ3n) is 2.17. The van der Waals surface area contributed by atoms with E-state index >= 15 is 0 Å². The number of halogens is 1. The number of hydrogen-bond donors (Lipinski definition) is 3. The maximum atomic E-state index is 11.9. The zero-order valence-electron chi connectivity index (χ0n) is 10.0. The Morgan fingerprint density at radius 1 is 1.45 bits per heavy atom. The Morgan fingerprint density at radius 2 is 2.20 bits per heavy atom. The van der Waals surface area contributed by atoms with Crippen LogP contribution in [0.15, 0.2) is 12.4 Å². The standard InChI is InChI=1S/C10H8ClN5O4/c1-20-5-2-4(11)14-10(15-5)16-8(17)6-7(9(18)19)13-3-12-6/h2-3H,1H3,(H,12,13)(H,18,19)(H,14,15,16,17). The molecule has 0 saturated carbocycles. The summed E-state index contributed by atoms with van der Waals surface area (Å²) in [7, 11) is 1.38. The highest BCUT2D eigenvalue weighted by Crippen LogP contribution is 2.16. The minimum Gasteiger partial charge on any atom is -0.481 e. The van der Waals surface area contributed by atoms with Gasteiger partial charge in [0.2, 0.25) is 11.8 Å². The van der Waals surface area contributed by atoms with Gasteiger partial charge in [-0.25, -0.2) is 14.8 Å². The van der Waals surface area contributed by atoms with Gasteiger partial charge in [-0.05, 0) is 0 Å². The highest BCUT2D eigenvalue weighted by molar-refractivity contribution is 6.29. The summed E-state index contributed by atoms with van der Waals surface area (Å²) in [5, 5.41) is 11.2. The topological polar surface area (TPSA) is 130 Å². The number of ether oxygens (including phenoxy) is 1. The molecule has 2 heterocycles. The van der Waals surface area contributed by atoms with Gasteiger partial charge in [-0.1, -0.05) is 11.6 Å². The lowest BCUT2D eigenvalue weighted by Gasteiger charge is -2.05. The lowest BCUT2D eigenvalue weighted by atomic mass is 10.3. The van der Waals surface area contributed by atoms with E-state index in [9.17, 15) is 9.59 Å². The minimum atomic E-state index is -1.31. The van der Waals surface area contributed by atoms with Crippen LogP contribution in [0.5, 0.6) is 5.88 Å². The van der Waals surface area contributed by atoms with Crippen molar-refractivity contribution in [3.8, 4) is 5.88 Å². The molecule has 0 aromatic carbocycles. The number of imidazole rings is 1. The largest absolute Gasteiger partial charge is 0.481 e. The second kappa shape index (κ2) is 5.53. The van der Waals surface area contributed by atoms with Gasteiger partial charge < -0.3 is 14.8 Å². The molecule has 0 spiro atoms. The molecule has 0 bridgehead atoms. The first-order valence-electron chi connectivity index (χ1n) is 5.18. The number of nitrogens with one attached hydrogen (secondary N) is 2. The van der Waals surface area contributed by atoms with Crippen LogP contribution in [0.3, 0.4) is 0 Å². The van der Waals surface area contributed by atoms with Crippen molar-refractivity contribution in [2.45, 2.75) is 0 Å². The number of nitrogens with zero attached hydrogens (tertiary/aromatic N) is 3. The fourth-order valence-corrected chi connectivity index (χ4v) is 1.52. The van der Waals surface area contributed by atoms with Crippen LogP contribution in [0.2, 0.25) is 5.15 Å². The SMILES string of the molecule is COc1cc(Cl)nc(NC(=O)c2nc[nH]c2C(=O)O)n1. The fraction of sp³-hybridized carbons (Fsp3) is 0.100. The number of amides is 1. The third kappa shape index (κ3) is 2.83. The van der Waals surface area contributed by atoms with Crippen molar-refractivity contribution in [3.05, 3.63) is 28.9 Å². The van der Waals surface area contributed by atoms with Gasteiger partial charge in [0, 0.05) is 6.07 Å². The molecule has 9 nitrogen and oxygen atoms in total. The van der Waals surface area contributed by atoms with Crippen molar-refractivity contribution < 1.29 is 19.4 Å². The molecule has 3 N–H and O–H groups in total. The number of aromatic nitrogens is 4. The van der Waals surface area contributed by atoms with Crippen LogP contribution in [0.1, 0.15) is 21.0 Å². The number of rotatable bonds is 4. The molecule has 20 heavy (non-hydrogen) atoms. The zero-order valence-corrected chi connectivity index (χ0v) is 10.8. The van der Waals surface area contributed by atoms with Gasteiger partial charge in [-0.3, -0.25) is 10.1 Å². The number of carbonyl (C=O) groups is 2. The van der Waals surface area contributed by atoms with E-state index < -0.39 is 11.9 Å². The van der Waals surface area contributed by atoms with Gasteiger partial charge in [0.15, 0.2) is 11.4 Å². The van der Waals surface area contributed by atoms with Crippen molar-refractivity contribution in [1.82, 2.24) is 19.9 Å². The normalized spacial score (nSPS) is 10.1. The minimum absolute atomic E-state index is 0.0626. The van der Waals surface area contributed by atoms with Crippen LogP contribution in [0.25, 0.3) is 0 Å². The Kier molecular flexibility index (Phi) is 3.80. The maximum absolute atomic E-state index is 11.9. The first-order chi connectivity index (χ1) is 9.51. The van der Waals surface area contributed by atoms with Crippen molar-refractivity contribution in [2.75, 3.05) is 12.4 Å². The lowest BCUT2D eigenvalue weighted by Crippen LogP contribution is -2.18. The smallest absolute Gasteiger partial charge is 0.354 e. The van der Waals surface area contributed by atoms with Crippen LogP contribution in [-0.4, -0.2) is 44.0 Å². The van der Waals surface area contributed by atoms with Crippen LogP contribution < -0.4 is 10.1 Å². The van der Waals surface area contributed by atoms with Crippen molar-refractivity contribution in [3.63, 3.8) is 0 Å². The molecule has 0 saturated heterocycles. The number of aromatic amines is 1. The highest BCUT2D eigenvalue weighted by Gasteiger charge is 2.20. The summed E-state index contributed by atoms with van der Waals surface area (Å²) in [6.07, 6.45) is 1.10. The van der Waals surface area contributed by atoms with Gasteiger partial charge in [0.05, 0.1) is 13.4 Å². The Labute approximate surface area is 117 Å². The Hall–Kier alpha value is -2.68. The van der Waals surface area contributed by atoms with Gasteiger partial charge >= 0.3 is 5.97 Å². The van der Waals surface area contributed by atoms with E-state index in [-0.39, 0.29) is 28.4 Å². The molecule has 2 rings (SSSR count). The third-order valence-corrected chi connectivity index (χ3v) is 2.37. The summed E-state index contributed by atoms with van der Waals surface area (Å²) >= 11 is 5.72. The summed E-state index contributed by atoms with van der Waals surface area (Å²) in [6.45, 7) is 0. The molecule has 10 heteroatoms. The molecule has 104 valence electrons. The number of methoxy groups -OCH3 is 1. The predicted molar refractivity (Wildman–Crippen MR) is 67.1 cm³/mol. The van der Waals surface area contributed by atoms with E-state index in [0.717, 1.165) is 6.33 Å². The second-order valence-electron chi connectivity index (χ2n) is 3.44. The van der Waals surface area contributed by atoms with Gasteiger partial charge in [-0.2, -0.15) is 4.98 Å². The molecule has 0 radical (unpaired) electrons. The number of H-pyrrole nitrogens is 1. The predicted octanol–water partition coefficient (Wildman–Crippen LogP) is 0.812. The van der Waals surface area contributed by atoms with E-state index in [1.807, 2.05) is 0 Å². The molecule has 0 aliphatic carbocycles. The number of aromatic carboxylic acids is 1. The first-order valence-corrected chi connectivity index (χ1v) is 5.55. The summed E-state index contributed by atoms with van der Waals surface area (Å²) in [6, 6.07) is 1.36. The molecular formula is C10H8ClN5O4. The zero-order chi connectivity index (χ0) is 14.7. The number of hydrogen-bond acceptors (Lipinski definition) is 6.